The SMILES string of the molecule is CC1(C)OB(c2cnc(N)c(C(F)(F)F)c2)OC1(C)C.O=CO.O=CO[O-].[C-]#[N+]C(C)(C)c1ccc(-n2cnc3nnc4ccc(-c5cnc(N)c(C)c5)cc4c32)cc1.[C-]#[N+]C(C)(C)c1ccc(-n2cnc3nnc4ccc(Br)cc4c32)cc1.[C-]#[N+]C(C)(C)c1ccc(Nc2c(N)nnc3ccc(Br)cc23)cc1.[H-].[Na+].[Na+]. The molecule has 0 aliphatic carbocycles. The number of fused-ring (bicyclic) bond motifs is 7. The zero-order valence-corrected chi connectivity index (χ0v) is 69.2. The van der Waals surface area contributed by atoms with Gasteiger partial charge in [-0.3, -0.25) is 18.7 Å². The van der Waals surface area contributed by atoms with Crippen LogP contribution in [0.25, 0.3) is 92.1 Å². The van der Waals surface area contributed by atoms with Crippen molar-refractivity contribution in [2.75, 3.05) is 22.5 Å². The van der Waals surface area contributed by atoms with Crippen LogP contribution in [0.1, 0.15) is 98.5 Å². The van der Waals surface area contributed by atoms with Gasteiger partial charge in [0.05, 0.1) is 39.0 Å². The van der Waals surface area contributed by atoms with Crippen molar-refractivity contribution in [3.05, 3.63) is 236 Å². The summed E-state index contributed by atoms with van der Waals surface area (Å²) >= 11 is 6.99. The van der Waals surface area contributed by atoms with Gasteiger partial charge in [-0.15, -0.1) is 30.6 Å². The molecule has 7 aromatic heterocycles. The van der Waals surface area contributed by atoms with E-state index in [9.17, 15) is 13.2 Å². The van der Waals surface area contributed by atoms with Crippen LogP contribution in [-0.2, 0) is 46.6 Å². The second-order valence-electron chi connectivity index (χ2n) is 26.8. The maximum absolute atomic E-state index is 12.8. The van der Waals surface area contributed by atoms with Gasteiger partial charge in [0.1, 0.15) is 35.3 Å². The van der Waals surface area contributed by atoms with Gasteiger partial charge in [-0.1, -0.05) is 37.9 Å². The summed E-state index contributed by atoms with van der Waals surface area (Å²) in [6.45, 7) is 42.3. The van der Waals surface area contributed by atoms with E-state index in [-0.39, 0.29) is 78.9 Å². The van der Waals surface area contributed by atoms with Crippen LogP contribution >= 0.6 is 31.9 Å². The van der Waals surface area contributed by atoms with Crippen molar-refractivity contribution in [2.45, 2.75) is 110 Å². The Morgan fingerprint density at radius 2 is 0.982 bits per heavy atom. The molecule has 1 aliphatic rings. The Kier molecular flexibility index (Phi) is 28.6. The summed E-state index contributed by atoms with van der Waals surface area (Å²) in [5.41, 5.74) is 28.3. The first-order chi connectivity index (χ1) is 51.0. The van der Waals surface area contributed by atoms with E-state index in [0.717, 1.165) is 115 Å². The summed E-state index contributed by atoms with van der Waals surface area (Å²) in [6.07, 6.45) is 1.98. The number of pyridine rings is 2. The molecule has 8 N–H and O–H groups in total. The number of halogens is 5. The Hall–Kier alpha value is -10.1. The molecule has 1 fully saturated rings. The Labute approximate surface area is 693 Å². The van der Waals surface area contributed by atoms with Gasteiger partial charge in [-0.05, 0) is 179 Å². The molecular weight excluding hydrogens is 1560 g/mol. The molecular formula is C76H71BBr2F3N19Na2O7. The molecule has 1 aliphatic heterocycles. The number of imidazole rings is 2. The first kappa shape index (κ1) is 87.1. The maximum atomic E-state index is 12.8. The van der Waals surface area contributed by atoms with E-state index in [1.807, 2.05) is 213 Å². The maximum Gasteiger partial charge on any atom is 1.00 e. The van der Waals surface area contributed by atoms with Gasteiger partial charge in [0.2, 0.25) is 11.3 Å². The third kappa shape index (κ3) is 19.9. The molecule has 6 aromatic carbocycles. The zero-order valence-electron chi connectivity index (χ0n) is 63.0. The first-order valence-electron chi connectivity index (χ1n) is 32.6. The normalized spacial score (nSPS) is 12.7. The molecule has 0 unspecified atom stereocenters. The number of carbonyl (C=O) groups is 2. The Morgan fingerprint density at radius 1 is 0.573 bits per heavy atom. The van der Waals surface area contributed by atoms with Crippen LogP contribution < -0.4 is 92.4 Å². The number of nitrogens with two attached hydrogens (primary N) is 3. The van der Waals surface area contributed by atoms with E-state index >= 15 is 0 Å². The van der Waals surface area contributed by atoms with E-state index in [2.05, 4.69) is 113 Å². The number of benzene rings is 6. The number of nitrogens with zero attached hydrogens (tertiary/aromatic N) is 15. The standard InChI is InChI=1S/C25H21N7.C19H14BrN5.C18H16BrN5.C12H16BF3N2O2.CH2O3.CH2O2.2Na.H/c1-15-11-17(13-28-23(15)26)16-5-10-21-20(12-16)22-24(31-30-21)29-14-32(22)19-8-6-18(7-9-19)25(2,3)27-4;1-19(2,21-3)12-4-7-14(8-5-12)25-11-22-18-17(25)15-10-13(20)6-9-16(15)23-24-18;1-18(2,21-3)11-4-7-13(8-5-11)22-16-14-10-12(19)6-9-15(14)23-24-17(16)20;1-10(2)11(3,4)20-13(19-10)7-5-8(12(14,15)16)9(17)18-6-7;2-1-4-3;2-1-3;;;/h5-14H,1-3H3,(H2,26,28);4-11H,1-2H3;4-10H,1-2H3,(H2,20,24)(H,22,23);5-6H,1-4H3,(H2,17,18);1,3H;1H,(H,2,3);;;/q;;;;;;2*+1;-1/p-1. The minimum absolute atomic E-state index is 0. The van der Waals surface area contributed by atoms with Crippen LogP contribution in [0.15, 0.2) is 174 Å². The van der Waals surface area contributed by atoms with Gasteiger partial charge in [0.25, 0.3) is 29.6 Å². The van der Waals surface area contributed by atoms with Crippen molar-refractivity contribution in [1.29, 1.82) is 0 Å². The topological polar surface area (TPSA) is 347 Å². The van der Waals surface area contributed by atoms with Crippen molar-refractivity contribution in [1.82, 2.24) is 59.7 Å². The molecule has 34 heteroatoms. The third-order valence-corrected chi connectivity index (χ3v) is 18.9. The molecule has 0 saturated carbocycles. The molecule has 0 bridgehead atoms. The summed E-state index contributed by atoms with van der Waals surface area (Å²) in [4.78, 5) is 47.4. The fourth-order valence-corrected chi connectivity index (χ4v) is 11.6. The van der Waals surface area contributed by atoms with Gasteiger partial charge in [-0.2, -0.15) is 13.2 Å². The van der Waals surface area contributed by atoms with E-state index < -0.39 is 52.5 Å². The van der Waals surface area contributed by atoms with E-state index in [1.165, 1.54) is 6.20 Å². The number of carboxylic acid groups (broad SMARTS) is 1. The molecule has 110 heavy (non-hydrogen) atoms. The van der Waals surface area contributed by atoms with E-state index in [0.29, 0.717) is 22.9 Å². The van der Waals surface area contributed by atoms with Crippen LogP contribution in [-0.4, -0.2) is 96.0 Å². The molecule has 14 rings (SSSR count). The Balaban J connectivity index is 0.000000225. The molecule has 8 heterocycles. The molecule has 26 nitrogen and oxygen atoms in total. The van der Waals surface area contributed by atoms with Gasteiger partial charge < -0.3 is 63.0 Å². The summed E-state index contributed by atoms with van der Waals surface area (Å²) in [5, 5.41) is 46.7. The summed E-state index contributed by atoms with van der Waals surface area (Å²) < 4.78 is 55.8. The fraction of sp³-hybridized carbons (Fsp3) is 0.224. The quantitative estimate of drug-likeness (QED) is 0.0280. The number of alkyl halides is 3. The predicted octanol–water partition coefficient (Wildman–Crippen LogP) is 9.07. The average Bonchev–Trinajstić information content (AvgIpc) is 1.72. The fourth-order valence-electron chi connectivity index (χ4n) is 10.8. The van der Waals surface area contributed by atoms with Crippen molar-refractivity contribution < 1.29 is 108 Å². The number of anilines is 5. The van der Waals surface area contributed by atoms with Crippen molar-refractivity contribution in [2.24, 2.45) is 0 Å². The number of aromatic nitrogens is 12. The molecule has 0 radical (unpaired) electrons. The van der Waals surface area contributed by atoms with Crippen LogP contribution in [0.2, 0.25) is 0 Å². The minimum atomic E-state index is -4.56. The van der Waals surface area contributed by atoms with Crippen LogP contribution in [0.4, 0.5) is 42.0 Å². The second kappa shape index (κ2) is 36.2. The van der Waals surface area contributed by atoms with Gasteiger partial charge in [-0.25, -0.2) is 39.7 Å². The number of carbonyl (C=O) groups excluding carboxylic acids is 1. The monoisotopic (exact) mass is 1630 g/mol. The molecule has 552 valence electrons. The number of hydrogen-bond donors (Lipinski definition) is 5. The largest absolute Gasteiger partial charge is 1.00 e. The first-order valence-corrected chi connectivity index (χ1v) is 34.2. The summed E-state index contributed by atoms with van der Waals surface area (Å²) in [6, 6.07) is 44.4. The third-order valence-electron chi connectivity index (χ3n) is 17.9. The molecule has 1 saturated heterocycles. The summed E-state index contributed by atoms with van der Waals surface area (Å²) in [7, 11) is -0.894. The zero-order chi connectivity index (χ0) is 78.8. The van der Waals surface area contributed by atoms with Crippen molar-refractivity contribution in [3.8, 4) is 22.5 Å². The minimum Gasteiger partial charge on any atom is -1.00 e. The van der Waals surface area contributed by atoms with Crippen molar-refractivity contribution in [3.63, 3.8) is 0 Å². The second-order valence-corrected chi connectivity index (χ2v) is 28.6. The Bertz CT molecular complexity index is 5610. The van der Waals surface area contributed by atoms with Crippen LogP contribution in [0.5, 0.6) is 0 Å². The van der Waals surface area contributed by atoms with Gasteiger partial charge in [0.15, 0.2) is 5.82 Å². The molecule has 0 spiro atoms. The number of nitrogens with one attached hydrogen (secondary N) is 1. The predicted molar refractivity (Wildman–Crippen MR) is 415 cm³/mol. The average molecular weight is 1640 g/mol. The van der Waals surface area contributed by atoms with E-state index in [4.69, 9.17) is 66.2 Å². The van der Waals surface area contributed by atoms with Crippen LogP contribution in [0.3, 0.4) is 0 Å². The molecule has 13 aromatic rings. The smallest absolute Gasteiger partial charge is 1.00 e. The Morgan fingerprint density at radius 3 is 1.42 bits per heavy atom. The van der Waals surface area contributed by atoms with Crippen molar-refractivity contribution >= 4 is 141 Å². The number of nitrogen functional groups attached to an aromatic ring is 3. The molecule has 0 atom stereocenters. The molecule has 0 amide bonds. The summed E-state index contributed by atoms with van der Waals surface area (Å²) in [5.74, 6) is 0.314. The number of hydrogen-bond acceptors (Lipinski definition) is 20. The van der Waals surface area contributed by atoms with Gasteiger partial charge in [0, 0.05) is 124 Å². The number of aryl methyl sites for hydroxylation is 1. The van der Waals surface area contributed by atoms with E-state index in [1.54, 1.807) is 18.9 Å². The van der Waals surface area contributed by atoms with Gasteiger partial charge >= 0.3 is 72.4 Å². The number of rotatable bonds is 10. The van der Waals surface area contributed by atoms with Crippen LogP contribution in [0, 0.1) is 26.6 Å².